The first-order valence-corrected chi connectivity index (χ1v) is 11.8. The first kappa shape index (κ1) is 23.5. The number of rotatable bonds is 7. The zero-order valence-electron chi connectivity index (χ0n) is 19.7. The molecule has 1 aromatic heterocycles. The highest BCUT2D eigenvalue weighted by atomic mass is 16.5. The molecule has 1 heterocycles. The zero-order chi connectivity index (χ0) is 23.9. The van der Waals surface area contributed by atoms with Gasteiger partial charge in [0.05, 0.1) is 7.11 Å². The van der Waals surface area contributed by atoms with Crippen LogP contribution in [0.2, 0.25) is 0 Å². The molecule has 1 N–H and O–H groups in total. The number of carbonyl (C=O) groups excluding carboxylic acids is 2. The molecule has 0 unspecified atom stereocenters. The lowest BCUT2D eigenvalue weighted by molar-refractivity contribution is -0.123. The van der Waals surface area contributed by atoms with Gasteiger partial charge < -0.3 is 10.1 Å². The Labute approximate surface area is 201 Å². The summed E-state index contributed by atoms with van der Waals surface area (Å²) < 4.78 is 5.43. The summed E-state index contributed by atoms with van der Waals surface area (Å²) in [6.45, 7) is 1.99. The molecule has 1 fully saturated rings. The van der Waals surface area contributed by atoms with Crippen molar-refractivity contribution < 1.29 is 14.3 Å². The topological polar surface area (TPSA) is 71.5 Å². The van der Waals surface area contributed by atoms with E-state index in [1.165, 1.54) is 6.42 Å². The van der Waals surface area contributed by atoms with Crippen LogP contribution in [0.5, 0.6) is 5.75 Å². The molecule has 2 amide bonds. The van der Waals surface area contributed by atoms with E-state index >= 15 is 0 Å². The van der Waals surface area contributed by atoms with E-state index in [4.69, 9.17) is 4.74 Å². The van der Waals surface area contributed by atoms with E-state index in [1.54, 1.807) is 36.4 Å². The Hall–Kier alpha value is -3.67. The van der Waals surface area contributed by atoms with Crippen LogP contribution in [0.15, 0.2) is 72.9 Å². The molecular formula is C28H31N3O3. The van der Waals surface area contributed by atoms with Crippen LogP contribution in [0, 0.1) is 6.92 Å². The van der Waals surface area contributed by atoms with Crippen molar-refractivity contribution in [1.29, 1.82) is 0 Å². The number of pyridine rings is 1. The number of amides is 2. The van der Waals surface area contributed by atoms with E-state index < -0.39 is 6.04 Å². The van der Waals surface area contributed by atoms with Crippen LogP contribution in [0.4, 0.5) is 5.69 Å². The summed E-state index contributed by atoms with van der Waals surface area (Å²) in [5.74, 6) is 0.0863. The number of methoxy groups -OCH3 is 1. The van der Waals surface area contributed by atoms with Crippen LogP contribution in [0.25, 0.3) is 0 Å². The number of nitrogens with zero attached hydrogens (tertiary/aromatic N) is 2. The Balaban J connectivity index is 1.81. The van der Waals surface area contributed by atoms with Gasteiger partial charge in [-0.15, -0.1) is 0 Å². The number of hydrogen-bond acceptors (Lipinski definition) is 4. The fraction of sp³-hybridized carbons (Fsp3) is 0.321. The van der Waals surface area contributed by atoms with Crippen molar-refractivity contribution in [3.05, 3.63) is 89.7 Å². The van der Waals surface area contributed by atoms with Crippen molar-refractivity contribution in [3.8, 4) is 5.75 Å². The maximum absolute atomic E-state index is 13.9. The lowest BCUT2D eigenvalue weighted by atomic mass is 9.94. The lowest BCUT2D eigenvalue weighted by Crippen LogP contribution is -2.47. The van der Waals surface area contributed by atoms with E-state index in [0.29, 0.717) is 17.0 Å². The Morgan fingerprint density at radius 1 is 1.00 bits per heavy atom. The second-order valence-corrected chi connectivity index (χ2v) is 8.75. The minimum atomic E-state index is -0.880. The number of anilines is 1. The van der Waals surface area contributed by atoms with Crippen LogP contribution in [-0.4, -0.2) is 29.9 Å². The van der Waals surface area contributed by atoms with Crippen LogP contribution in [0.1, 0.15) is 59.8 Å². The SMILES string of the molecule is COc1cccc([C@@H](C(=O)NC2CCCCC2)N(C(=O)c2ccccn2)c2ccc(C)cc2)c1. The molecular weight excluding hydrogens is 426 g/mol. The molecule has 6 nitrogen and oxygen atoms in total. The predicted molar refractivity (Wildman–Crippen MR) is 133 cm³/mol. The predicted octanol–water partition coefficient (Wildman–Crippen LogP) is 5.24. The van der Waals surface area contributed by atoms with Crippen molar-refractivity contribution in [3.63, 3.8) is 0 Å². The molecule has 0 bridgehead atoms. The molecule has 1 saturated carbocycles. The number of ether oxygens (including phenoxy) is 1. The van der Waals surface area contributed by atoms with Gasteiger partial charge in [-0.3, -0.25) is 19.5 Å². The van der Waals surface area contributed by atoms with Gasteiger partial charge >= 0.3 is 0 Å². The Morgan fingerprint density at radius 3 is 2.44 bits per heavy atom. The average molecular weight is 458 g/mol. The lowest BCUT2D eigenvalue weighted by Gasteiger charge is -2.33. The fourth-order valence-corrected chi connectivity index (χ4v) is 4.46. The number of benzene rings is 2. The number of carbonyl (C=O) groups is 2. The van der Waals surface area contributed by atoms with Crippen LogP contribution >= 0.6 is 0 Å². The van der Waals surface area contributed by atoms with E-state index in [2.05, 4.69) is 10.3 Å². The Bertz CT molecular complexity index is 1110. The van der Waals surface area contributed by atoms with Gasteiger partial charge in [-0.05, 0) is 61.7 Å². The van der Waals surface area contributed by atoms with Crippen molar-refractivity contribution in [1.82, 2.24) is 10.3 Å². The Kier molecular flexibility index (Phi) is 7.58. The van der Waals surface area contributed by atoms with Crippen LogP contribution in [0.3, 0.4) is 0 Å². The highest BCUT2D eigenvalue weighted by molar-refractivity contribution is 6.09. The molecule has 4 rings (SSSR count). The monoisotopic (exact) mass is 457 g/mol. The maximum Gasteiger partial charge on any atom is 0.277 e. The normalized spacial score (nSPS) is 14.8. The van der Waals surface area contributed by atoms with Crippen LogP contribution in [-0.2, 0) is 4.79 Å². The molecule has 0 spiro atoms. The fourth-order valence-electron chi connectivity index (χ4n) is 4.46. The van der Waals surface area contributed by atoms with Gasteiger partial charge in [0.2, 0.25) is 5.91 Å². The number of nitrogens with one attached hydrogen (secondary N) is 1. The molecule has 34 heavy (non-hydrogen) atoms. The van der Waals surface area contributed by atoms with Crippen molar-refractivity contribution in [2.24, 2.45) is 0 Å². The summed E-state index contributed by atoms with van der Waals surface area (Å²) >= 11 is 0. The molecule has 1 aliphatic rings. The smallest absolute Gasteiger partial charge is 0.277 e. The highest BCUT2D eigenvalue weighted by Gasteiger charge is 2.35. The average Bonchev–Trinajstić information content (AvgIpc) is 2.88. The summed E-state index contributed by atoms with van der Waals surface area (Å²) in [6, 6.07) is 19.4. The van der Waals surface area contributed by atoms with E-state index in [-0.39, 0.29) is 23.6 Å². The summed E-state index contributed by atoms with van der Waals surface area (Å²) in [5.41, 5.74) is 2.66. The highest BCUT2D eigenvalue weighted by Crippen LogP contribution is 2.32. The van der Waals surface area contributed by atoms with Gasteiger partial charge in [-0.1, -0.05) is 55.2 Å². The zero-order valence-corrected chi connectivity index (χ0v) is 19.7. The Morgan fingerprint density at radius 2 is 1.76 bits per heavy atom. The molecule has 176 valence electrons. The second-order valence-electron chi connectivity index (χ2n) is 8.75. The largest absolute Gasteiger partial charge is 0.497 e. The first-order chi connectivity index (χ1) is 16.6. The summed E-state index contributed by atoms with van der Waals surface area (Å²) in [4.78, 5) is 33.5. The molecule has 0 radical (unpaired) electrons. The van der Waals surface area contributed by atoms with Gasteiger partial charge in [0.1, 0.15) is 17.5 Å². The molecule has 1 aliphatic carbocycles. The van der Waals surface area contributed by atoms with Gasteiger partial charge in [-0.2, -0.15) is 0 Å². The van der Waals surface area contributed by atoms with Gasteiger partial charge in [0.25, 0.3) is 5.91 Å². The second kappa shape index (κ2) is 11.0. The summed E-state index contributed by atoms with van der Waals surface area (Å²) in [6.07, 6.45) is 6.89. The van der Waals surface area contributed by atoms with E-state index in [0.717, 1.165) is 31.2 Å². The van der Waals surface area contributed by atoms with Crippen LogP contribution < -0.4 is 15.0 Å². The number of hydrogen-bond donors (Lipinski definition) is 1. The quantitative estimate of drug-likeness (QED) is 0.527. The number of aromatic nitrogens is 1. The molecule has 3 aromatic rings. The van der Waals surface area contributed by atoms with E-state index in [1.807, 2.05) is 55.5 Å². The third kappa shape index (κ3) is 5.45. The van der Waals surface area contributed by atoms with Gasteiger partial charge in [-0.25, -0.2) is 0 Å². The van der Waals surface area contributed by atoms with Crippen molar-refractivity contribution in [2.75, 3.05) is 12.0 Å². The maximum atomic E-state index is 13.9. The third-order valence-corrected chi connectivity index (χ3v) is 6.28. The summed E-state index contributed by atoms with van der Waals surface area (Å²) in [5, 5.41) is 3.23. The summed E-state index contributed by atoms with van der Waals surface area (Å²) in [7, 11) is 1.59. The standard InChI is InChI=1S/C28H31N3O3/c1-20-14-16-23(17-15-20)31(28(33)25-13-6-7-18-29-25)26(21-9-8-12-24(19-21)34-2)27(32)30-22-10-4-3-5-11-22/h6-9,12-19,22,26H,3-5,10-11H2,1-2H3,(H,30,32)/t26-/m0/s1. The molecule has 2 aromatic carbocycles. The van der Waals surface area contributed by atoms with Crippen molar-refractivity contribution >= 4 is 17.5 Å². The molecule has 0 aliphatic heterocycles. The molecule has 0 saturated heterocycles. The first-order valence-electron chi connectivity index (χ1n) is 11.8. The minimum absolute atomic E-state index is 0.110. The third-order valence-electron chi connectivity index (χ3n) is 6.28. The molecule has 6 heteroatoms. The minimum Gasteiger partial charge on any atom is -0.497 e. The van der Waals surface area contributed by atoms with Gasteiger partial charge in [0.15, 0.2) is 0 Å². The number of aryl methyl sites for hydroxylation is 1. The van der Waals surface area contributed by atoms with Gasteiger partial charge in [0, 0.05) is 17.9 Å². The molecule has 1 atom stereocenters. The van der Waals surface area contributed by atoms with Crippen molar-refractivity contribution in [2.45, 2.75) is 51.1 Å². The van der Waals surface area contributed by atoms with E-state index in [9.17, 15) is 9.59 Å².